The van der Waals surface area contributed by atoms with Crippen LogP contribution >= 0.6 is 11.3 Å². The Labute approximate surface area is 129 Å². The van der Waals surface area contributed by atoms with Crippen LogP contribution in [0.5, 0.6) is 0 Å². The number of hydrogen-bond acceptors (Lipinski definition) is 5. The molecule has 0 aromatic carbocycles. The van der Waals surface area contributed by atoms with Crippen molar-refractivity contribution in [2.75, 3.05) is 6.54 Å². The van der Waals surface area contributed by atoms with E-state index in [-0.39, 0.29) is 18.1 Å². The summed E-state index contributed by atoms with van der Waals surface area (Å²) in [6.07, 6.45) is 5.44. The van der Waals surface area contributed by atoms with Gasteiger partial charge in [-0.3, -0.25) is 9.78 Å². The smallest absolute Gasteiger partial charge is 0.336 e. The van der Waals surface area contributed by atoms with E-state index in [2.05, 4.69) is 21.5 Å². The Hall–Kier alpha value is -2.48. The van der Waals surface area contributed by atoms with Crippen LogP contribution in [0, 0.1) is 0 Å². The summed E-state index contributed by atoms with van der Waals surface area (Å²) in [6.45, 7) is 1.26. The summed E-state index contributed by atoms with van der Waals surface area (Å²) >= 11 is 1.73. The molecule has 22 heavy (non-hydrogen) atoms. The number of nitrogens with zero attached hydrogens (tertiary/aromatic N) is 5. The Kier molecular flexibility index (Phi) is 3.04. The molecule has 0 spiro atoms. The predicted octanol–water partition coefficient (Wildman–Crippen LogP) is 0.537. The normalized spacial score (nSPS) is 14.3. The van der Waals surface area contributed by atoms with Crippen molar-refractivity contribution in [3.8, 4) is 0 Å². The van der Waals surface area contributed by atoms with Gasteiger partial charge in [-0.05, 0) is 23.4 Å². The van der Waals surface area contributed by atoms with Gasteiger partial charge in [0.05, 0.1) is 6.20 Å². The van der Waals surface area contributed by atoms with Crippen molar-refractivity contribution in [2.45, 2.75) is 19.5 Å². The summed E-state index contributed by atoms with van der Waals surface area (Å²) in [5.41, 5.74) is 1.33. The molecule has 0 atom stereocenters. The first-order chi connectivity index (χ1) is 10.7. The molecule has 4 rings (SSSR count). The Balaban J connectivity index is 1.57. The topological polar surface area (TPSA) is 72.5 Å². The zero-order valence-electron chi connectivity index (χ0n) is 11.7. The van der Waals surface area contributed by atoms with Gasteiger partial charge in [0, 0.05) is 30.4 Å². The third-order valence-corrected chi connectivity index (χ3v) is 4.86. The highest BCUT2D eigenvalue weighted by atomic mass is 32.1. The second-order valence-electron chi connectivity index (χ2n) is 5.18. The molecule has 1 aliphatic rings. The van der Waals surface area contributed by atoms with Crippen molar-refractivity contribution < 1.29 is 4.79 Å². The van der Waals surface area contributed by atoms with E-state index in [4.69, 9.17) is 0 Å². The van der Waals surface area contributed by atoms with E-state index in [9.17, 15) is 9.59 Å². The van der Waals surface area contributed by atoms with Crippen molar-refractivity contribution in [1.29, 1.82) is 0 Å². The maximum absolute atomic E-state index is 12.4. The lowest BCUT2D eigenvalue weighted by Crippen LogP contribution is -2.39. The molecule has 0 fully saturated rings. The molecular formula is C14H13N5O2S. The number of hydrogen-bond donors (Lipinski definition) is 0. The van der Waals surface area contributed by atoms with Crippen molar-refractivity contribution in [3.05, 3.63) is 51.0 Å². The largest absolute Gasteiger partial charge is 0.350 e. The van der Waals surface area contributed by atoms with Crippen LogP contribution in [0.25, 0.3) is 5.65 Å². The highest BCUT2D eigenvalue weighted by molar-refractivity contribution is 7.10. The lowest BCUT2D eigenvalue weighted by molar-refractivity contribution is -0.133. The third-order valence-electron chi connectivity index (χ3n) is 3.83. The number of thiophene rings is 1. The monoisotopic (exact) mass is 315 g/mol. The highest BCUT2D eigenvalue weighted by Crippen LogP contribution is 2.23. The fraction of sp³-hybridized carbons (Fsp3) is 0.286. The summed E-state index contributed by atoms with van der Waals surface area (Å²) in [6, 6.07) is 2.06. The molecule has 4 heterocycles. The Morgan fingerprint density at radius 2 is 2.32 bits per heavy atom. The van der Waals surface area contributed by atoms with E-state index in [1.807, 2.05) is 0 Å². The molecule has 0 bridgehead atoms. The minimum Gasteiger partial charge on any atom is -0.336 e. The van der Waals surface area contributed by atoms with Crippen molar-refractivity contribution in [2.24, 2.45) is 0 Å². The van der Waals surface area contributed by atoms with Gasteiger partial charge in [-0.2, -0.15) is 0 Å². The first kappa shape index (κ1) is 13.2. The van der Waals surface area contributed by atoms with Crippen molar-refractivity contribution in [3.63, 3.8) is 0 Å². The molecule has 8 heteroatoms. The average Bonchev–Trinajstić information content (AvgIpc) is 3.12. The zero-order valence-corrected chi connectivity index (χ0v) is 12.5. The second-order valence-corrected chi connectivity index (χ2v) is 6.18. The van der Waals surface area contributed by atoms with E-state index < -0.39 is 0 Å². The van der Waals surface area contributed by atoms with Gasteiger partial charge in [-0.25, -0.2) is 13.9 Å². The molecule has 7 nitrogen and oxygen atoms in total. The zero-order chi connectivity index (χ0) is 15.1. The van der Waals surface area contributed by atoms with Crippen LogP contribution in [0.15, 0.2) is 34.8 Å². The van der Waals surface area contributed by atoms with Gasteiger partial charge in [-0.1, -0.05) is 0 Å². The standard InChI is InChI=1S/C14H13N5O2S/c20-13(17-4-1-11-10(8-17)2-6-22-11)9-19-14(21)18-5-3-15-7-12(18)16-19/h2-3,5-7H,1,4,8-9H2. The van der Waals surface area contributed by atoms with Crippen molar-refractivity contribution in [1.82, 2.24) is 24.1 Å². The van der Waals surface area contributed by atoms with E-state index in [1.54, 1.807) is 22.4 Å². The maximum atomic E-state index is 12.4. The summed E-state index contributed by atoms with van der Waals surface area (Å²) < 4.78 is 2.58. The van der Waals surface area contributed by atoms with Crippen LogP contribution in [-0.4, -0.2) is 36.5 Å². The van der Waals surface area contributed by atoms with Gasteiger partial charge >= 0.3 is 5.69 Å². The van der Waals surface area contributed by atoms with Gasteiger partial charge in [0.15, 0.2) is 5.65 Å². The summed E-state index contributed by atoms with van der Waals surface area (Å²) in [7, 11) is 0. The summed E-state index contributed by atoms with van der Waals surface area (Å²) in [5, 5.41) is 6.19. The van der Waals surface area contributed by atoms with E-state index in [0.717, 1.165) is 6.42 Å². The number of fused-ring (bicyclic) bond motifs is 2. The molecule has 0 unspecified atom stereocenters. The van der Waals surface area contributed by atoms with Crippen LogP contribution in [-0.2, 0) is 24.3 Å². The van der Waals surface area contributed by atoms with Crippen LogP contribution < -0.4 is 5.69 Å². The van der Waals surface area contributed by atoms with Gasteiger partial charge < -0.3 is 4.90 Å². The van der Waals surface area contributed by atoms with Gasteiger partial charge in [0.25, 0.3) is 0 Å². The molecule has 1 amide bonds. The van der Waals surface area contributed by atoms with E-state index >= 15 is 0 Å². The molecular weight excluding hydrogens is 302 g/mol. The Morgan fingerprint density at radius 1 is 1.41 bits per heavy atom. The first-order valence-corrected chi connectivity index (χ1v) is 7.82. The summed E-state index contributed by atoms with van der Waals surface area (Å²) in [4.78, 5) is 31.7. The lowest BCUT2D eigenvalue weighted by atomic mass is 10.1. The number of rotatable bonds is 2. The third kappa shape index (κ3) is 2.12. The number of carbonyl (C=O) groups is 1. The molecule has 0 saturated carbocycles. The van der Waals surface area contributed by atoms with Crippen LogP contribution in [0.1, 0.15) is 10.4 Å². The van der Waals surface area contributed by atoms with Gasteiger partial charge in [0.2, 0.25) is 5.91 Å². The van der Waals surface area contributed by atoms with Gasteiger partial charge in [-0.15, -0.1) is 16.4 Å². The fourth-order valence-corrected chi connectivity index (χ4v) is 3.56. The molecule has 0 radical (unpaired) electrons. The summed E-state index contributed by atoms with van der Waals surface area (Å²) in [5.74, 6) is -0.0877. The van der Waals surface area contributed by atoms with Crippen molar-refractivity contribution >= 4 is 22.9 Å². The maximum Gasteiger partial charge on any atom is 0.350 e. The van der Waals surface area contributed by atoms with Crippen LogP contribution in [0.4, 0.5) is 0 Å². The minimum absolute atomic E-state index is 0.0417. The Bertz CT molecular complexity index is 909. The van der Waals surface area contributed by atoms with E-state index in [0.29, 0.717) is 18.7 Å². The number of amides is 1. The number of aromatic nitrogens is 4. The molecule has 3 aromatic heterocycles. The molecule has 1 aliphatic heterocycles. The lowest BCUT2D eigenvalue weighted by Gasteiger charge is -2.26. The van der Waals surface area contributed by atoms with Crippen LogP contribution in [0.3, 0.4) is 0 Å². The average molecular weight is 315 g/mol. The quantitative estimate of drug-likeness (QED) is 0.692. The molecule has 112 valence electrons. The Morgan fingerprint density at radius 3 is 3.18 bits per heavy atom. The molecule has 0 saturated heterocycles. The van der Waals surface area contributed by atoms with Crippen LogP contribution in [0.2, 0.25) is 0 Å². The number of carbonyl (C=O) groups excluding carboxylic acids is 1. The van der Waals surface area contributed by atoms with E-state index in [1.165, 1.54) is 31.9 Å². The van der Waals surface area contributed by atoms with Gasteiger partial charge in [0.1, 0.15) is 6.54 Å². The molecule has 3 aromatic rings. The first-order valence-electron chi connectivity index (χ1n) is 6.94. The molecule has 0 aliphatic carbocycles. The predicted molar refractivity (Wildman–Crippen MR) is 80.7 cm³/mol. The fourth-order valence-electron chi connectivity index (χ4n) is 2.67. The second kappa shape index (κ2) is 5.06. The molecule has 0 N–H and O–H groups in total. The minimum atomic E-state index is -0.320. The SMILES string of the molecule is O=C(Cn1nc2cnccn2c1=O)N1CCc2sccc2C1. The highest BCUT2D eigenvalue weighted by Gasteiger charge is 2.22.